The molecule has 1 aliphatic heterocycles. The van der Waals surface area contributed by atoms with Gasteiger partial charge in [-0.1, -0.05) is 37.5 Å². The lowest BCUT2D eigenvalue weighted by atomic mass is 9.83. The summed E-state index contributed by atoms with van der Waals surface area (Å²) in [5.74, 6) is -1.07. The van der Waals surface area contributed by atoms with Crippen molar-refractivity contribution >= 4 is 29.4 Å². The highest BCUT2D eigenvalue weighted by molar-refractivity contribution is 6.01. The Labute approximate surface area is 282 Å². The first-order valence-electron chi connectivity index (χ1n) is 16.6. The fraction of sp³-hybridized carbons (Fsp3) is 0.457. The van der Waals surface area contributed by atoms with Crippen molar-refractivity contribution < 1.29 is 32.3 Å². The fourth-order valence-corrected chi connectivity index (χ4v) is 7.54. The molecule has 49 heavy (non-hydrogen) atoms. The number of aryl methyl sites for hydroxylation is 1. The number of carbonyl (C=O) groups excluding carboxylic acids is 4. The van der Waals surface area contributed by atoms with E-state index in [0.29, 0.717) is 23.4 Å². The van der Waals surface area contributed by atoms with Crippen LogP contribution in [0.4, 0.5) is 23.7 Å². The lowest BCUT2D eigenvalue weighted by molar-refractivity contribution is -0.137. The monoisotopic (exact) mass is 679 g/mol. The molecule has 4 N–H and O–H groups in total. The number of hydrogen-bond acceptors (Lipinski definition) is 5. The first-order chi connectivity index (χ1) is 23.4. The molecule has 3 aromatic rings. The smallest absolute Gasteiger partial charge is 0.357 e. The van der Waals surface area contributed by atoms with Crippen molar-refractivity contribution in [3.8, 4) is 0 Å². The number of hydrogen-bond donors (Lipinski definition) is 4. The summed E-state index contributed by atoms with van der Waals surface area (Å²) in [4.78, 5) is 55.3. The molecule has 5 amide bonds. The first-order valence-corrected chi connectivity index (χ1v) is 16.6. The number of anilines is 1. The van der Waals surface area contributed by atoms with Gasteiger partial charge in [-0.05, 0) is 72.2 Å². The zero-order valence-electron chi connectivity index (χ0n) is 27.4. The number of nitrogens with one attached hydrogen (secondary N) is 4. The van der Waals surface area contributed by atoms with E-state index in [1.807, 2.05) is 12.1 Å². The minimum Gasteiger partial charge on any atom is -0.357 e. The van der Waals surface area contributed by atoms with Gasteiger partial charge in [0.2, 0.25) is 11.8 Å². The minimum absolute atomic E-state index is 0.0227. The third kappa shape index (κ3) is 6.99. The van der Waals surface area contributed by atoms with Crippen LogP contribution in [0.5, 0.6) is 0 Å². The van der Waals surface area contributed by atoms with Crippen molar-refractivity contribution in [1.29, 1.82) is 0 Å². The normalized spacial score (nSPS) is 21.5. The molecule has 1 aromatic heterocycles. The van der Waals surface area contributed by atoms with E-state index in [1.165, 1.54) is 35.0 Å². The molecule has 0 spiro atoms. The van der Waals surface area contributed by atoms with E-state index < -0.39 is 35.4 Å². The third-order valence-electron chi connectivity index (χ3n) is 10.1. The Balaban J connectivity index is 1.17. The maximum absolute atomic E-state index is 13.8. The Morgan fingerprint density at radius 2 is 1.73 bits per heavy atom. The van der Waals surface area contributed by atoms with Gasteiger partial charge in [-0.25, -0.2) is 4.79 Å². The molecular formula is C35H40F3N7O4. The van der Waals surface area contributed by atoms with Gasteiger partial charge in [-0.3, -0.25) is 19.1 Å². The van der Waals surface area contributed by atoms with Gasteiger partial charge in [0.1, 0.15) is 17.3 Å². The number of rotatable bonds is 9. The number of carbonyl (C=O) groups is 4. The predicted molar refractivity (Wildman–Crippen MR) is 174 cm³/mol. The van der Waals surface area contributed by atoms with E-state index in [2.05, 4.69) is 26.4 Å². The molecule has 11 nitrogen and oxygen atoms in total. The van der Waals surface area contributed by atoms with Gasteiger partial charge in [-0.15, -0.1) is 0 Å². The Hall–Kier alpha value is -4.88. The molecule has 2 unspecified atom stereocenters. The molecule has 0 radical (unpaired) electrons. The number of alkyl halides is 3. The summed E-state index contributed by atoms with van der Waals surface area (Å²) in [7, 11) is 3.18. The first kappa shape index (κ1) is 34.0. The van der Waals surface area contributed by atoms with Gasteiger partial charge in [0.25, 0.3) is 5.91 Å². The van der Waals surface area contributed by atoms with E-state index in [0.717, 1.165) is 55.4 Å². The van der Waals surface area contributed by atoms with Crippen molar-refractivity contribution in [2.75, 3.05) is 18.9 Å². The average Bonchev–Trinajstić information content (AvgIpc) is 3.79. The van der Waals surface area contributed by atoms with Crippen LogP contribution in [-0.2, 0) is 42.1 Å². The summed E-state index contributed by atoms with van der Waals surface area (Å²) >= 11 is 0. The zero-order valence-corrected chi connectivity index (χ0v) is 27.4. The second kappa shape index (κ2) is 13.6. The number of aromatic nitrogens is 2. The van der Waals surface area contributed by atoms with Crippen LogP contribution >= 0.6 is 0 Å². The molecule has 3 atom stereocenters. The topological polar surface area (TPSA) is 137 Å². The third-order valence-corrected chi connectivity index (χ3v) is 10.1. The number of amides is 5. The predicted octanol–water partition coefficient (Wildman–Crippen LogP) is 3.98. The molecule has 2 heterocycles. The van der Waals surface area contributed by atoms with E-state index in [4.69, 9.17) is 0 Å². The maximum atomic E-state index is 13.8. The van der Waals surface area contributed by atoms with E-state index in [9.17, 15) is 32.3 Å². The molecular weight excluding hydrogens is 639 g/mol. The van der Waals surface area contributed by atoms with Crippen molar-refractivity contribution in [2.45, 2.75) is 75.2 Å². The SMILES string of the molecule is CNC(=O)C1(N2CC(Cc3ccc(C(F)(F)F)cc3)NC2=O)Cc2ccc(NC(=O)[C@@H](NC(=O)c3ccnn3C)C3CCCCC3)cc2C1. The quantitative estimate of drug-likeness (QED) is 0.271. The second-order valence-corrected chi connectivity index (χ2v) is 13.3. The summed E-state index contributed by atoms with van der Waals surface area (Å²) in [5, 5.41) is 15.6. The highest BCUT2D eigenvalue weighted by Gasteiger charge is 2.53. The number of halogens is 3. The minimum atomic E-state index is -4.44. The molecule has 1 saturated carbocycles. The average molecular weight is 680 g/mol. The van der Waals surface area contributed by atoms with E-state index >= 15 is 0 Å². The maximum Gasteiger partial charge on any atom is 0.416 e. The summed E-state index contributed by atoms with van der Waals surface area (Å²) < 4.78 is 40.5. The van der Waals surface area contributed by atoms with E-state index in [-0.39, 0.29) is 43.0 Å². The highest BCUT2D eigenvalue weighted by Crippen LogP contribution is 2.38. The van der Waals surface area contributed by atoms with Gasteiger partial charge in [-0.2, -0.15) is 18.3 Å². The Morgan fingerprint density at radius 3 is 2.39 bits per heavy atom. The largest absolute Gasteiger partial charge is 0.416 e. The lowest BCUT2D eigenvalue weighted by Crippen LogP contribution is -2.60. The van der Waals surface area contributed by atoms with Crippen LogP contribution in [0.2, 0.25) is 0 Å². The summed E-state index contributed by atoms with van der Waals surface area (Å²) in [6.07, 6.45) is 2.52. The Kier molecular flexibility index (Phi) is 9.41. The highest BCUT2D eigenvalue weighted by atomic mass is 19.4. The molecule has 1 saturated heterocycles. The van der Waals surface area contributed by atoms with Crippen LogP contribution in [0.3, 0.4) is 0 Å². The van der Waals surface area contributed by atoms with Crippen LogP contribution in [0, 0.1) is 5.92 Å². The summed E-state index contributed by atoms with van der Waals surface area (Å²) in [5.41, 5.74) is 1.17. The molecule has 2 aromatic carbocycles. The second-order valence-electron chi connectivity index (χ2n) is 13.3. The van der Waals surface area contributed by atoms with Crippen molar-refractivity contribution in [2.24, 2.45) is 13.0 Å². The van der Waals surface area contributed by atoms with Crippen LogP contribution in [0.15, 0.2) is 54.7 Å². The Morgan fingerprint density at radius 1 is 1.02 bits per heavy atom. The number of likely N-dealkylation sites (N-methyl/N-ethyl adjacent to an activating group) is 1. The number of benzene rings is 2. The number of fused-ring (bicyclic) bond motifs is 1. The molecule has 3 aliphatic rings. The van der Waals surface area contributed by atoms with Crippen molar-refractivity contribution in [3.05, 3.63) is 82.7 Å². The van der Waals surface area contributed by atoms with Gasteiger partial charge in [0.05, 0.1) is 11.6 Å². The molecule has 2 aliphatic carbocycles. The summed E-state index contributed by atoms with van der Waals surface area (Å²) in [6.45, 7) is 0.185. The fourth-order valence-electron chi connectivity index (χ4n) is 7.54. The van der Waals surface area contributed by atoms with Gasteiger partial charge < -0.3 is 26.2 Å². The molecule has 2 fully saturated rings. The van der Waals surface area contributed by atoms with Crippen LogP contribution in [0.25, 0.3) is 0 Å². The lowest BCUT2D eigenvalue weighted by Gasteiger charge is -2.36. The van der Waals surface area contributed by atoms with Crippen molar-refractivity contribution in [3.63, 3.8) is 0 Å². The molecule has 0 bridgehead atoms. The van der Waals surface area contributed by atoms with E-state index in [1.54, 1.807) is 19.2 Å². The number of urea groups is 1. The summed E-state index contributed by atoms with van der Waals surface area (Å²) in [6, 6.07) is 10.3. The van der Waals surface area contributed by atoms with Crippen LogP contribution in [-0.4, -0.2) is 69.6 Å². The zero-order chi connectivity index (χ0) is 34.9. The standard InChI is InChI=1S/C35H40F3N7O4/c1-39-32(48)34(45-20-27(42-33(45)49)16-21-8-11-25(12-9-21)35(36,37)38)18-23-10-13-26(17-24(23)19-34)41-31(47)29(22-6-4-3-5-7-22)43-30(46)28-14-15-40-44(28)2/h8-15,17,22,27,29H,3-7,16,18-20H2,1-2H3,(H,39,48)(H,41,47)(H,42,49)(H,43,46)/t27?,29-,34?/m0/s1. The number of nitrogens with zero attached hydrogens (tertiary/aromatic N) is 3. The molecule has 260 valence electrons. The Bertz CT molecular complexity index is 1740. The molecule has 6 rings (SSSR count). The van der Waals surface area contributed by atoms with Gasteiger partial charge >= 0.3 is 12.2 Å². The van der Waals surface area contributed by atoms with Crippen LogP contribution < -0.4 is 21.3 Å². The molecule has 14 heteroatoms. The van der Waals surface area contributed by atoms with Gasteiger partial charge in [0.15, 0.2) is 0 Å². The van der Waals surface area contributed by atoms with Gasteiger partial charge in [0, 0.05) is 45.4 Å². The van der Waals surface area contributed by atoms with Crippen LogP contribution in [0.1, 0.15) is 64.8 Å². The van der Waals surface area contributed by atoms with Crippen molar-refractivity contribution in [1.82, 2.24) is 30.6 Å².